The molecule has 0 spiro atoms. The third kappa shape index (κ3) is 2.21. The second-order valence-corrected chi connectivity index (χ2v) is 4.66. The fourth-order valence-electron chi connectivity index (χ4n) is 1.46. The number of ketones is 1. The Hall–Kier alpha value is -1.45. The number of aliphatic hydroxyl groups excluding tert-OH is 1. The van der Waals surface area contributed by atoms with Gasteiger partial charge in [0, 0.05) is 4.88 Å². The molecule has 0 amide bonds. The predicted octanol–water partition coefficient (Wildman–Crippen LogP) is 3.11. The van der Waals surface area contributed by atoms with Gasteiger partial charge in [-0.3, -0.25) is 4.79 Å². The summed E-state index contributed by atoms with van der Waals surface area (Å²) in [6, 6.07) is 11.5. The molecule has 1 aromatic heterocycles. The Morgan fingerprint density at radius 1 is 1.19 bits per heavy atom. The minimum Gasteiger partial charge on any atom is -0.392 e. The highest BCUT2D eigenvalue weighted by Crippen LogP contribution is 2.28. The van der Waals surface area contributed by atoms with Crippen molar-refractivity contribution in [3.63, 3.8) is 0 Å². The summed E-state index contributed by atoms with van der Waals surface area (Å²) in [5, 5.41) is 8.93. The van der Waals surface area contributed by atoms with Crippen LogP contribution in [-0.2, 0) is 6.61 Å². The van der Waals surface area contributed by atoms with Gasteiger partial charge >= 0.3 is 0 Å². The van der Waals surface area contributed by atoms with E-state index in [2.05, 4.69) is 0 Å². The second kappa shape index (κ2) is 4.60. The zero-order valence-electron chi connectivity index (χ0n) is 8.93. The van der Waals surface area contributed by atoms with Gasteiger partial charge in [0.05, 0.1) is 11.5 Å². The van der Waals surface area contributed by atoms with Crippen molar-refractivity contribution < 1.29 is 9.90 Å². The summed E-state index contributed by atoms with van der Waals surface area (Å²) in [5.41, 5.74) is 1.97. The molecule has 2 nitrogen and oxygen atoms in total. The Kier molecular flexibility index (Phi) is 3.17. The Balaban J connectivity index is 2.31. The molecule has 3 heteroatoms. The summed E-state index contributed by atoms with van der Waals surface area (Å²) >= 11 is 1.50. The lowest BCUT2D eigenvalue weighted by Gasteiger charge is -1.99. The van der Waals surface area contributed by atoms with Crippen LogP contribution in [0.15, 0.2) is 36.4 Å². The molecule has 0 atom stereocenters. The quantitative estimate of drug-likeness (QED) is 0.826. The highest BCUT2D eigenvalue weighted by Gasteiger charge is 2.05. The summed E-state index contributed by atoms with van der Waals surface area (Å²) in [6.45, 7) is 1.63. The minimum absolute atomic E-state index is 0.0589. The molecular weight excluding hydrogens is 220 g/mol. The van der Waals surface area contributed by atoms with Crippen molar-refractivity contribution >= 4 is 17.1 Å². The average Bonchev–Trinajstić information content (AvgIpc) is 2.78. The van der Waals surface area contributed by atoms with Crippen LogP contribution in [0, 0.1) is 0 Å². The second-order valence-electron chi connectivity index (χ2n) is 3.58. The zero-order chi connectivity index (χ0) is 11.5. The lowest BCUT2D eigenvalue weighted by molar-refractivity contribution is 0.102. The van der Waals surface area contributed by atoms with E-state index in [-0.39, 0.29) is 12.4 Å². The van der Waals surface area contributed by atoms with Crippen molar-refractivity contribution in [1.82, 2.24) is 0 Å². The van der Waals surface area contributed by atoms with Crippen LogP contribution in [0.4, 0.5) is 0 Å². The Bertz CT molecular complexity index is 497. The lowest BCUT2D eigenvalue weighted by Crippen LogP contribution is -1.83. The highest BCUT2D eigenvalue weighted by molar-refractivity contribution is 7.17. The van der Waals surface area contributed by atoms with Crippen LogP contribution in [0.1, 0.15) is 22.2 Å². The van der Waals surface area contributed by atoms with Crippen LogP contribution in [0.2, 0.25) is 0 Å². The first-order valence-electron chi connectivity index (χ1n) is 5.01. The molecule has 0 aliphatic heterocycles. The maximum atomic E-state index is 11.2. The molecule has 0 saturated carbocycles. The molecule has 82 valence electrons. The van der Waals surface area contributed by atoms with Crippen LogP contribution in [0.5, 0.6) is 0 Å². The van der Waals surface area contributed by atoms with E-state index in [4.69, 9.17) is 5.11 Å². The van der Waals surface area contributed by atoms with Crippen LogP contribution < -0.4 is 0 Å². The fraction of sp³-hybridized carbons (Fsp3) is 0.154. The molecule has 1 N–H and O–H groups in total. The zero-order valence-corrected chi connectivity index (χ0v) is 9.75. The standard InChI is InChI=1S/C13H12O2S/c1-9(15)12-6-7-13(16-12)11-4-2-10(8-14)3-5-11/h2-7,14H,8H2,1H3. The molecule has 0 saturated heterocycles. The molecule has 0 bridgehead atoms. The van der Waals surface area contributed by atoms with Crippen LogP contribution in [0.3, 0.4) is 0 Å². The summed E-state index contributed by atoms with van der Waals surface area (Å²) in [7, 11) is 0. The number of aliphatic hydroxyl groups is 1. The number of hydrogen-bond donors (Lipinski definition) is 1. The van der Waals surface area contributed by atoms with Crippen molar-refractivity contribution in [2.45, 2.75) is 13.5 Å². The molecule has 1 heterocycles. The first kappa shape index (κ1) is 11.0. The van der Waals surface area contributed by atoms with Gasteiger partial charge in [0.1, 0.15) is 0 Å². The van der Waals surface area contributed by atoms with Gasteiger partial charge in [0.25, 0.3) is 0 Å². The van der Waals surface area contributed by atoms with E-state index >= 15 is 0 Å². The molecule has 0 fully saturated rings. The summed E-state index contributed by atoms with van der Waals surface area (Å²) in [6.07, 6.45) is 0. The number of thiophene rings is 1. The molecule has 0 unspecified atom stereocenters. The summed E-state index contributed by atoms with van der Waals surface area (Å²) in [5.74, 6) is 0.100. The Morgan fingerprint density at radius 2 is 1.88 bits per heavy atom. The number of hydrogen-bond acceptors (Lipinski definition) is 3. The first-order chi connectivity index (χ1) is 7.70. The van der Waals surface area contributed by atoms with Gasteiger partial charge in [-0.2, -0.15) is 0 Å². The largest absolute Gasteiger partial charge is 0.392 e. The van der Waals surface area contributed by atoms with Crippen LogP contribution in [-0.4, -0.2) is 10.9 Å². The van der Waals surface area contributed by atoms with Gasteiger partial charge in [-0.1, -0.05) is 24.3 Å². The van der Waals surface area contributed by atoms with E-state index in [1.807, 2.05) is 36.4 Å². The van der Waals surface area contributed by atoms with Gasteiger partial charge in [0.15, 0.2) is 5.78 Å². The minimum atomic E-state index is 0.0589. The van der Waals surface area contributed by atoms with Gasteiger partial charge in [-0.15, -0.1) is 11.3 Å². The lowest BCUT2D eigenvalue weighted by atomic mass is 10.1. The number of rotatable bonds is 3. The van der Waals surface area contributed by atoms with Crippen LogP contribution >= 0.6 is 11.3 Å². The van der Waals surface area contributed by atoms with Crippen molar-refractivity contribution in [1.29, 1.82) is 0 Å². The highest BCUT2D eigenvalue weighted by atomic mass is 32.1. The van der Waals surface area contributed by atoms with Gasteiger partial charge < -0.3 is 5.11 Å². The summed E-state index contributed by atoms with van der Waals surface area (Å²) in [4.78, 5) is 13.0. The van der Waals surface area contributed by atoms with Gasteiger partial charge in [-0.25, -0.2) is 0 Å². The predicted molar refractivity (Wildman–Crippen MR) is 65.7 cm³/mol. The maximum absolute atomic E-state index is 11.2. The Morgan fingerprint density at radius 3 is 2.38 bits per heavy atom. The molecule has 1 aromatic carbocycles. The first-order valence-corrected chi connectivity index (χ1v) is 5.83. The fourth-order valence-corrected chi connectivity index (χ4v) is 2.36. The molecule has 0 radical (unpaired) electrons. The molecule has 16 heavy (non-hydrogen) atoms. The number of benzene rings is 1. The molecule has 2 rings (SSSR count). The van der Waals surface area contributed by atoms with Gasteiger partial charge in [-0.05, 0) is 30.2 Å². The van der Waals surface area contributed by atoms with Crippen molar-refractivity contribution in [3.8, 4) is 10.4 Å². The average molecular weight is 232 g/mol. The van der Waals surface area contributed by atoms with E-state index in [1.54, 1.807) is 6.92 Å². The van der Waals surface area contributed by atoms with Crippen LogP contribution in [0.25, 0.3) is 10.4 Å². The van der Waals surface area contributed by atoms with Crippen molar-refractivity contribution in [2.24, 2.45) is 0 Å². The third-order valence-corrected chi connectivity index (χ3v) is 3.61. The topological polar surface area (TPSA) is 37.3 Å². The Labute approximate surface area is 98.2 Å². The monoisotopic (exact) mass is 232 g/mol. The third-order valence-electron chi connectivity index (χ3n) is 2.37. The summed E-state index contributed by atoms with van der Waals surface area (Å²) < 4.78 is 0. The number of carbonyl (C=O) groups excluding carboxylic acids is 1. The van der Waals surface area contributed by atoms with E-state index in [0.29, 0.717) is 0 Å². The van der Waals surface area contributed by atoms with E-state index in [9.17, 15) is 4.79 Å². The molecule has 0 aliphatic rings. The van der Waals surface area contributed by atoms with Gasteiger partial charge in [0.2, 0.25) is 0 Å². The van der Waals surface area contributed by atoms with Crippen molar-refractivity contribution in [3.05, 3.63) is 46.8 Å². The number of Topliss-reactive ketones (excluding diaryl/α,β-unsaturated/α-hetero) is 1. The molecule has 2 aromatic rings. The smallest absolute Gasteiger partial charge is 0.169 e. The molecule has 0 aliphatic carbocycles. The van der Waals surface area contributed by atoms with E-state index < -0.39 is 0 Å². The number of carbonyl (C=O) groups is 1. The molecular formula is C13H12O2S. The SMILES string of the molecule is CC(=O)c1ccc(-c2ccc(CO)cc2)s1. The normalized spacial score (nSPS) is 10.4. The van der Waals surface area contributed by atoms with E-state index in [1.165, 1.54) is 11.3 Å². The van der Waals surface area contributed by atoms with E-state index in [0.717, 1.165) is 20.9 Å². The van der Waals surface area contributed by atoms with Crippen molar-refractivity contribution in [2.75, 3.05) is 0 Å². The maximum Gasteiger partial charge on any atom is 0.169 e.